The molecule has 1 N–H and O–H groups in total. The minimum Gasteiger partial charge on any atom is -0.423 e. The number of rotatable bonds is 3. The maximum absolute atomic E-state index is 12.3. The zero-order valence-corrected chi connectivity index (χ0v) is 13.8. The first-order valence-corrected chi connectivity index (χ1v) is 8.36. The normalized spacial score (nSPS) is 15.7. The predicted molar refractivity (Wildman–Crippen MR) is 90.4 cm³/mol. The van der Waals surface area contributed by atoms with Crippen LogP contribution >= 0.6 is 0 Å². The van der Waals surface area contributed by atoms with Crippen molar-refractivity contribution in [3.8, 4) is 0 Å². The van der Waals surface area contributed by atoms with Gasteiger partial charge >= 0.3 is 5.63 Å². The van der Waals surface area contributed by atoms with Crippen molar-refractivity contribution in [3.05, 3.63) is 45.3 Å². The molecule has 1 saturated carbocycles. The Labute approximate surface area is 135 Å². The first kappa shape index (κ1) is 15.8. The largest absolute Gasteiger partial charge is 0.423 e. The standard InChI is InChI=1S/C19H23NO3/c1-12-8-16-15(10-18(21)23-17(16)9-13(12)2)11-20-19(22)14-6-4-3-5-7-14/h8-10,14H,3-7,11H2,1-2H3,(H,20,22). The second-order valence-corrected chi connectivity index (χ2v) is 6.58. The Bertz CT molecular complexity index is 785. The minimum atomic E-state index is -0.373. The lowest BCUT2D eigenvalue weighted by atomic mass is 9.88. The smallest absolute Gasteiger partial charge is 0.336 e. The summed E-state index contributed by atoms with van der Waals surface area (Å²) in [5.41, 5.74) is 3.27. The predicted octanol–water partition coefficient (Wildman–Crippen LogP) is 3.61. The highest BCUT2D eigenvalue weighted by Gasteiger charge is 2.21. The third kappa shape index (κ3) is 3.46. The average molecular weight is 313 g/mol. The number of carbonyl (C=O) groups excluding carboxylic acids is 1. The number of fused-ring (bicyclic) bond motifs is 1. The summed E-state index contributed by atoms with van der Waals surface area (Å²) >= 11 is 0. The molecule has 4 heteroatoms. The van der Waals surface area contributed by atoms with Gasteiger partial charge in [0.2, 0.25) is 5.91 Å². The summed E-state index contributed by atoms with van der Waals surface area (Å²) in [5.74, 6) is 0.231. The van der Waals surface area contributed by atoms with Crippen LogP contribution in [0, 0.1) is 19.8 Å². The highest BCUT2D eigenvalue weighted by molar-refractivity contribution is 5.83. The molecule has 1 amide bonds. The van der Waals surface area contributed by atoms with Crippen molar-refractivity contribution >= 4 is 16.9 Å². The summed E-state index contributed by atoms with van der Waals surface area (Å²) in [4.78, 5) is 24.1. The van der Waals surface area contributed by atoms with Gasteiger partial charge in [0.15, 0.2) is 0 Å². The number of carbonyl (C=O) groups is 1. The van der Waals surface area contributed by atoms with Crippen LogP contribution in [0.2, 0.25) is 0 Å². The van der Waals surface area contributed by atoms with Crippen molar-refractivity contribution < 1.29 is 9.21 Å². The first-order chi connectivity index (χ1) is 11.0. The van der Waals surface area contributed by atoms with Gasteiger partial charge in [-0.15, -0.1) is 0 Å². The molecule has 1 aromatic heterocycles. The average Bonchev–Trinajstić information content (AvgIpc) is 2.55. The molecule has 4 nitrogen and oxygen atoms in total. The van der Waals surface area contributed by atoms with Crippen LogP contribution < -0.4 is 10.9 Å². The van der Waals surface area contributed by atoms with Gasteiger partial charge < -0.3 is 9.73 Å². The lowest BCUT2D eigenvalue weighted by molar-refractivity contribution is -0.126. The molecule has 0 aliphatic heterocycles. The zero-order chi connectivity index (χ0) is 16.4. The van der Waals surface area contributed by atoms with Crippen molar-refractivity contribution in [1.29, 1.82) is 0 Å². The lowest BCUT2D eigenvalue weighted by Gasteiger charge is -2.20. The molecule has 1 heterocycles. The van der Waals surface area contributed by atoms with Crippen LogP contribution in [-0.2, 0) is 11.3 Å². The van der Waals surface area contributed by atoms with Gasteiger partial charge in [0, 0.05) is 23.9 Å². The van der Waals surface area contributed by atoms with E-state index in [1.165, 1.54) is 12.5 Å². The molecule has 0 spiro atoms. The highest BCUT2D eigenvalue weighted by atomic mass is 16.4. The summed E-state index contributed by atoms with van der Waals surface area (Å²) < 4.78 is 5.29. The quantitative estimate of drug-likeness (QED) is 0.881. The summed E-state index contributed by atoms with van der Waals surface area (Å²) in [6, 6.07) is 5.40. The molecule has 1 fully saturated rings. The van der Waals surface area contributed by atoms with Gasteiger partial charge in [-0.25, -0.2) is 4.79 Å². The molecule has 23 heavy (non-hydrogen) atoms. The number of benzene rings is 1. The Morgan fingerprint density at radius 2 is 1.83 bits per heavy atom. The molecule has 0 atom stereocenters. The maximum Gasteiger partial charge on any atom is 0.336 e. The van der Waals surface area contributed by atoms with E-state index in [4.69, 9.17) is 4.42 Å². The molecule has 3 rings (SSSR count). The monoisotopic (exact) mass is 313 g/mol. The van der Waals surface area contributed by atoms with Gasteiger partial charge in [-0.1, -0.05) is 19.3 Å². The fourth-order valence-corrected chi connectivity index (χ4v) is 3.32. The minimum absolute atomic E-state index is 0.106. The van der Waals surface area contributed by atoms with Crippen molar-refractivity contribution in [1.82, 2.24) is 5.32 Å². The van der Waals surface area contributed by atoms with Crippen LogP contribution in [0.3, 0.4) is 0 Å². The van der Waals surface area contributed by atoms with Crippen molar-refractivity contribution in [3.63, 3.8) is 0 Å². The lowest BCUT2D eigenvalue weighted by Crippen LogP contribution is -2.31. The summed E-state index contributed by atoms with van der Waals surface area (Å²) in [6.07, 6.45) is 5.44. The number of hydrogen-bond donors (Lipinski definition) is 1. The molecule has 0 unspecified atom stereocenters. The van der Waals surface area contributed by atoms with Gasteiger partial charge in [-0.05, 0) is 55.5 Å². The van der Waals surface area contributed by atoms with Crippen LogP contribution in [0.15, 0.2) is 27.4 Å². The molecular weight excluding hydrogens is 290 g/mol. The van der Waals surface area contributed by atoms with Gasteiger partial charge in [0.25, 0.3) is 0 Å². The van der Waals surface area contributed by atoms with E-state index < -0.39 is 0 Å². The fourth-order valence-electron chi connectivity index (χ4n) is 3.32. The van der Waals surface area contributed by atoms with Crippen LogP contribution in [-0.4, -0.2) is 5.91 Å². The Morgan fingerprint density at radius 3 is 2.57 bits per heavy atom. The third-order valence-electron chi connectivity index (χ3n) is 4.87. The number of nitrogens with one attached hydrogen (secondary N) is 1. The second-order valence-electron chi connectivity index (χ2n) is 6.58. The Kier molecular flexibility index (Phi) is 4.51. The Hall–Kier alpha value is -2.10. The van der Waals surface area contributed by atoms with E-state index in [0.717, 1.165) is 47.8 Å². The molecular formula is C19H23NO3. The molecule has 0 radical (unpaired) electrons. The van der Waals surface area contributed by atoms with E-state index >= 15 is 0 Å². The fraction of sp³-hybridized carbons (Fsp3) is 0.474. The first-order valence-electron chi connectivity index (χ1n) is 8.36. The van der Waals surface area contributed by atoms with Crippen LogP contribution in [0.25, 0.3) is 11.0 Å². The van der Waals surface area contributed by atoms with Gasteiger partial charge in [0.05, 0.1) is 0 Å². The van der Waals surface area contributed by atoms with Crippen molar-refractivity contribution in [2.45, 2.75) is 52.5 Å². The van der Waals surface area contributed by atoms with E-state index in [9.17, 15) is 9.59 Å². The van der Waals surface area contributed by atoms with Crippen LogP contribution in [0.1, 0.15) is 48.8 Å². The van der Waals surface area contributed by atoms with E-state index in [2.05, 4.69) is 5.32 Å². The van der Waals surface area contributed by atoms with Crippen molar-refractivity contribution in [2.75, 3.05) is 0 Å². The molecule has 122 valence electrons. The molecule has 0 saturated heterocycles. The maximum atomic E-state index is 12.3. The number of aryl methyl sites for hydroxylation is 2. The second kappa shape index (κ2) is 6.57. The molecule has 2 aromatic rings. The van der Waals surface area contributed by atoms with Crippen molar-refractivity contribution in [2.24, 2.45) is 5.92 Å². The third-order valence-corrected chi connectivity index (χ3v) is 4.87. The Balaban J connectivity index is 1.83. The zero-order valence-electron chi connectivity index (χ0n) is 13.8. The molecule has 1 aromatic carbocycles. The topological polar surface area (TPSA) is 59.3 Å². The van der Waals surface area contributed by atoms with E-state index in [1.54, 1.807) is 0 Å². The van der Waals surface area contributed by atoms with Gasteiger partial charge in [-0.3, -0.25) is 4.79 Å². The van der Waals surface area contributed by atoms with E-state index in [0.29, 0.717) is 12.1 Å². The summed E-state index contributed by atoms with van der Waals surface area (Å²) in [5, 5.41) is 3.90. The molecule has 1 aliphatic rings. The van der Waals surface area contributed by atoms with E-state index in [1.807, 2.05) is 26.0 Å². The highest BCUT2D eigenvalue weighted by Crippen LogP contribution is 2.24. The van der Waals surface area contributed by atoms with Crippen LogP contribution in [0.4, 0.5) is 0 Å². The SMILES string of the molecule is Cc1cc2oc(=O)cc(CNC(=O)C3CCCCC3)c2cc1C. The number of hydrogen-bond acceptors (Lipinski definition) is 3. The van der Waals surface area contributed by atoms with Gasteiger partial charge in [0.1, 0.15) is 5.58 Å². The molecule has 0 bridgehead atoms. The number of amides is 1. The summed E-state index contributed by atoms with van der Waals surface area (Å²) in [6.45, 7) is 4.40. The Morgan fingerprint density at radius 1 is 1.13 bits per heavy atom. The summed E-state index contributed by atoms with van der Waals surface area (Å²) in [7, 11) is 0. The van der Waals surface area contributed by atoms with Crippen LogP contribution in [0.5, 0.6) is 0 Å². The molecule has 1 aliphatic carbocycles. The van der Waals surface area contributed by atoms with E-state index in [-0.39, 0.29) is 17.5 Å². The van der Waals surface area contributed by atoms with Gasteiger partial charge in [-0.2, -0.15) is 0 Å².